The smallest absolute Gasteiger partial charge is 0.450 e. The van der Waals surface area contributed by atoms with Crippen molar-refractivity contribution in [1.29, 1.82) is 0 Å². The van der Waals surface area contributed by atoms with E-state index in [9.17, 15) is 4.79 Å². The van der Waals surface area contributed by atoms with Gasteiger partial charge in [0.25, 0.3) is 0 Å². The van der Waals surface area contributed by atoms with E-state index < -0.39 is 6.16 Å². The van der Waals surface area contributed by atoms with E-state index in [1.165, 1.54) is 44.9 Å². The van der Waals surface area contributed by atoms with Crippen molar-refractivity contribution in [2.45, 2.75) is 64.2 Å². The fourth-order valence-corrected chi connectivity index (χ4v) is 1.82. The molecule has 0 aliphatic rings. The van der Waals surface area contributed by atoms with E-state index in [1.807, 2.05) is 0 Å². The Bertz CT molecular complexity index is 174. The zero-order valence-corrected chi connectivity index (χ0v) is 10.8. The zero-order valence-electron chi connectivity index (χ0n) is 10.8. The average molecular weight is 245 g/mol. The lowest BCUT2D eigenvalue weighted by Gasteiger charge is -2.02. The molecule has 4 heteroatoms. The monoisotopic (exact) mass is 245 g/mol. The highest BCUT2D eigenvalue weighted by atomic mass is 16.7. The Labute approximate surface area is 105 Å². The van der Waals surface area contributed by atoms with Gasteiger partial charge in [0.2, 0.25) is 0 Å². The van der Waals surface area contributed by atoms with Crippen molar-refractivity contribution < 1.29 is 14.6 Å². The van der Waals surface area contributed by atoms with Gasteiger partial charge in [-0.2, -0.15) is 0 Å². The van der Waals surface area contributed by atoms with Gasteiger partial charge in [0.1, 0.15) is 0 Å². The van der Waals surface area contributed by atoms with Gasteiger partial charge < -0.3 is 15.6 Å². The molecule has 0 heterocycles. The third-order valence-electron chi connectivity index (χ3n) is 2.82. The number of nitrogens with two attached hydrogens (primary N) is 1. The van der Waals surface area contributed by atoms with Crippen molar-refractivity contribution in [2.24, 2.45) is 5.73 Å². The van der Waals surface area contributed by atoms with E-state index >= 15 is 0 Å². The summed E-state index contributed by atoms with van der Waals surface area (Å²) in [6.07, 6.45) is 10.9. The van der Waals surface area contributed by atoms with E-state index in [2.05, 4.69) is 4.74 Å². The molecular weight excluding hydrogens is 218 g/mol. The molecule has 4 nitrogen and oxygen atoms in total. The van der Waals surface area contributed by atoms with Crippen LogP contribution in [0.25, 0.3) is 0 Å². The van der Waals surface area contributed by atoms with E-state index in [0.29, 0.717) is 6.61 Å². The van der Waals surface area contributed by atoms with Gasteiger partial charge in [-0.3, -0.25) is 0 Å². The van der Waals surface area contributed by atoms with E-state index in [-0.39, 0.29) is 0 Å². The maximum absolute atomic E-state index is 10.1. The van der Waals surface area contributed by atoms with Crippen LogP contribution in [0, 0.1) is 0 Å². The Balaban J connectivity index is 2.91. The number of hydrogen-bond donors (Lipinski definition) is 2. The summed E-state index contributed by atoms with van der Waals surface area (Å²) < 4.78 is 4.43. The fraction of sp³-hybridized carbons (Fsp3) is 0.923. The van der Waals surface area contributed by atoms with Gasteiger partial charge in [-0.1, -0.05) is 51.4 Å². The molecule has 0 fully saturated rings. The van der Waals surface area contributed by atoms with Crippen molar-refractivity contribution >= 4 is 6.16 Å². The summed E-state index contributed by atoms with van der Waals surface area (Å²) in [5, 5.41) is 8.24. The number of carbonyl (C=O) groups is 1. The topological polar surface area (TPSA) is 72.5 Å². The van der Waals surface area contributed by atoms with Crippen LogP contribution < -0.4 is 5.73 Å². The Morgan fingerprint density at radius 3 is 1.65 bits per heavy atom. The summed E-state index contributed by atoms with van der Waals surface area (Å²) in [4.78, 5) is 10.1. The molecule has 0 aromatic rings. The van der Waals surface area contributed by atoms with Gasteiger partial charge >= 0.3 is 6.16 Å². The van der Waals surface area contributed by atoms with Crippen LogP contribution in [-0.2, 0) is 4.74 Å². The van der Waals surface area contributed by atoms with Crippen LogP contribution in [0.5, 0.6) is 0 Å². The zero-order chi connectivity index (χ0) is 12.8. The van der Waals surface area contributed by atoms with E-state index in [4.69, 9.17) is 10.8 Å². The van der Waals surface area contributed by atoms with E-state index in [1.54, 1.807) is 0 Å². The average Bonchev–Trinajstić information content (AvgIpc) is 2.30. The van der Waals surface area contributed by atoms with Gasteiger partial charge in [0.05, 0.1) is 6.61 Å². The molecule has 0 amide bonds. The number of unbranched alkanes of at least 4 members (excludes halogenated alkanes) is 9. The Morgan fingerprint density at radius 1 is 0.824 bits per heavy atom. The summed E-state index contributed by atoms with van der Waals surface area (Å²) in [6, 6.07) is 0. The highest BCUT2D eigenvalue weighted by Gasteiger charge is 1.96. The predicted octanol–water partition coefficient (Wildman–Crippen LogP) is 3.54. The van der Waals surface area contributed by atoms with Crippen LogP contribution in [-0.4, -0.2) is 24.4 Å². The molecule has 0 saturated carbocycles. The summed E-state index contributed by atoms with van der Waals surface area (Å²) in [5.74, 6) is 0. The Morgan fingerprint density at radius 2 is 1.24 bits per heavy atom. The normalized spacial score (nSPS) is 10.4. The van der Waals surface area contributed by atoms with Crippen LogP contribution in [0.1, 0.15) is 64.2 Å². The highest BCUT2D eigenvalue weighted by molar-refractivity contribution is 5.56. The maximum atomic E-state index is 10.1. The first-order chi connectivity index (χ1) is 8.27. The van der Waals surface area contributed by atoms with Crippen molar-refractivity contribution in [3.63, 3.8) is 0 Å². The number of hydrogen-bond acceptors (Lipinski definition) is 3. The fourth-order valence-electron chi connectivity index (χ4n) is 1.82. The Hall–Kier alpha value is -0.770. The molecule has 0 rings (SSSR count). The lowest BCUT2D eigenvalue weighted by atomic mass is 10.1. The number of carboxylic acid groups (broad SMARTS) is 1. The van der Waals surface area contributed by atoms with Crippen LogP contribution >= 0.6 is 0 Å². The molecule has 0 aromatic carbocycles. The van der Waals surface area contributed by atoms with Crippen LogP contribution in [0.4, 0.5) is 4.79 Å². The van der Waals surface area contributed by atoms with Gasteiger partial charge in [0.15, 0.2) is 0 Å². The third-order valence-corrected chi connectivity index (χ3v) is 2.82. The molecule has 17 heavy (non-hydrogen) atoms. The second-order valence-corrected chi connectivity index (χ2v) is 4.44. The standard InChI is InChI=1S/C13H27NO3/c14-11-9-7-5-3-1-2-4-6-8-10-12-17-13(15)16/h1-12,14H2,(H,15,16). The van der Waals surface area contributed by atoms with E-state index in [0.717, 1.165) is 25.8 Å². The molecule has 102 valence electrons. The van der Waals surface area contributed by atoms with Crippen molar-refractivity contribution in [2.75, 3.05) is 13.2 Å². The molecule has 0 spiro atoms. The third kappa shape index (κ3) is 15.2. The molecule has 0 saturated heterocycles. The van der Waals surface area contributed by atoms with Crippen molar-refractivity contribution in [3.05, 3.63) is 0 Å². The highest BCUT2D eigenvalue weighted by Crippen LogP contribution is 2.10. The summed E-state index contributed by atoms with van der Waals surface area (Å²) in [5.41, 5.74) is 5.42. The lowest BCUT2D eigenvalue weighted by Crippen LogP contribution is -2.01. The van der Waals surface area contributed by atoms with Crippen LogP contribution in [0.3, 0.4) is 0 Å². The van der Waals surface area contributed by atoms with Gasteiger partial charge in [-0.05, 0) is 19.4 Å². The number of ether oxygens (including phenoxy) is 1. The molecule has 0 bridgehead atoms. The summed E-state index contributed by atoms with van der Waals surface area (Å²) in [7, 11) is 0. The number of rotatable bonds is 12. The molecule has 0 atom stereocenters. The molecule has 3 N–H and O–H groups in total. The largest absolute Gasteiger partial charge is 0.505 e. The molecular formula is C13H27NO3. The summed E-state index contributed by atoms with van der Waals surface area (Å²) >= 11 is 0. The molecule has 0 aromatic heterocycles. The first-order valence-corrected chi connectivity index (χ1v) is 6.83. The minimum atomic E-state index is -1.16. The second kappa shape index (κ2) is 13.3. The first-order valence-electron chi connectivity index (χ1n) is 6.83. The predicted molar refractivity (Wildman–Crippen MR) is 69.2 cm³/mol. The van der Waals surface area contributed by atoms with Crippen molar-refractivity contribution in [1.82, 2.24) is 0 Å². The SMILES string of the molecule is NCCCCCCCCCCCCOC(=O)O. The van der Waals surface area contributed by atoms with Gasteiger partial charge in [-0.15, -0.1) is 0 Å². The second-order valence-electron chi connectivity index (χ2n) is 4.44. The van der Waals surface area contributed by atoms with Crippen molar-refractivity contribution in [3.8, 4) is 0 Å². The lowest BCUT2D eigenvalue weighted by molar-refractivity contribution is 0.0899. The molecule has 0 aliphatic carbocycles. The van der Waals surface area contributed by atoms with Gasteiger partial charge in [0, 0.05) is 0 Å². The Kier molecular flexibility index (Phi) is 12.7. The van der Waals surface area contributed by atoms with Crippen LogP contribution in [0.15, 0.2) is 0 Å². The summed E-state index contributed by atoms with van der Waals surface area (Å²) in [6.45, 7) is 1.16. The molecule has 0 unspecified atom stereocenters. The minimum absolute atomic E-state index is 0.342. The first kappa shape index (κ1) is 16.2. The van der Waals surface area contributed by atoms with Gasteiger partial charge in [-0.25, -0.2) is 4.79 Å². The quantitative estimate of drug-likeness (QED) is 0.407. The maximum Gasteiger partial charge on any atom is 0.505 e. The minimum Gasteiger partial charge on any atom is -0.450 e. The molecule has 0 aliphatic heterocycles. The molecule has 0 radical (unpaired) electrons. The van der Waals surface area contributed by atoms with Crippen LogP contribution in [0.2, 0.25) is 0 Å².